The van der Waals surface area contributed by atoms with Crippen LogP contribution in [-0.2, 0) is 6.54 Å². The number of rotatable bonds is 8. The largest absolute Gasteiger partial charge is 0.351 e. The number of carbonyl (C=O) groups is 2. The summed E-state index contributed by atoms with van der Waals surface area (Å²) in [6.45, 7) is 4.33. The molecule has 0 aliphatic rings. The van der Waals surface area contributed by atoms with Gasteiger partial charge in [-0.25, -0.2) is 0 Å². The van der Waals surface area contributed by atoms with Gasteiger partial charge in [0, 0.05) is 38.6 Å². The molecular weight excluding hydrogens is 328 g/mol. The molecule has 0 unspecified atom stereocenters. The lowest BCUT2D eigenvalue weighted by atomic mass is 10.1. The minimum Gasteiger partial charge on any atom is -0.351 e. The molecule has 26 heavy (non-hydrogen) atoms. The molecule has 138 valence electrons. The van der Waals surface area contributed by atoms with Gasteiger partial charge in [-0.05, 0) is 32.6 Å². The second-order valence-electron chi connectivity index (χ2n) is 6.33. The number of amides is 2. The highest BCUT2D eigenvalue weighted by Gasteiger charge is 2.17. The van der Waals surface area contributed by atoms with Crippen LogP contribution < -0.4 is 5.32 Å². The van der Waals surface area contributed by atoms with Crippen molar-refractivity contribution in [2.45, 2.75) is 13.5 Å². The Morgan fingerprint density at radius 3 is 2.42 bits per heavy atom. The molecule has 1 aromatic heterocycles. The van der Waals surface area contributed by atoms with Gasteiger partial charge in [0.2, 0.25) is 0 Å². The molecule has 0 bridgehead atoms. The van der Waals surface area contributed by atoms with Gasteiger partial charge >= 0.3 is 0 Å². The van der Waals surface area contributed by atoms with Crippen LogP contribution in [0, 0.1) is 0 Å². The molecule has 2 aromatic rings. The number of likely N-dealkylation sites (N-methyl/N-ethyl adjacent to an activating group) is 1. The van der Waals surface area contributed by atoms with E-state index in [0.717, 1.165) is 12.1 Å². The zero-order valence-corrected chi connectivity index (χ0v) is 15.6. The first-order valence-corrected chi connectivity index (χ1v) is 8.72. The minimum absolute atomic E-state index is 0.133. The van der Waals surface area contributed by atoms with Crippen molar-refractivity contribution < 1.29 is 9.59 Å². The molecule has 2 rings (SSSR count). The summed E-state index contributed by atoms with van der Waals surface area (Å²) in [7, 11) is 3.89. The number of hydrogen-bond acceptors (Lipinski definition) is 4. The van der Waals surface area contributed by atoms with Crippen LogP contribution >= 0.6 is 0 Å². The topological polar surface area (TPSA) is 65.5 Å². The molecule has 0 aliphatic carbocycles. The molecular formula is C20H26N4O2. The summed E-state index contributed by atoms with van der Waals surface area (Å²) in [4.78, 5) is 32.8. The predicted molar refractivity (Wildman–Crippen MR) is 102 cm³/mol. The molecule has 0 aliphatic heterocycles. The highest BCUT2D eigenvalue weighted by atomic mass is 16.2. The summed E-state index contributed by atoms with van der Waals surface area (Å²) in [5.74, 6) is -0.355. The van der Waals surface area contributed by atoms with Gasteiger partial charge in [0.05, 0.1) is 11.1 Å². The van der Waals surface area contributed by atoms with Gasteiger partial charge < -0.3 is 15.1 Å². The summed E-state index contributed by atoms with van der Waals surface area (Å²) in [5, 5.41) is 2.83. The third-order valence-corrected chi connectivity index (χ3v) is 3.98. The van der Waals surface area contributed by atoms with Gasteiger partial charge in [0.1, 0.15) is 0 Å². The van der Waals surface area contributed by atoms with Gasteiger partial charge in [-0.2, -0.15) is 0 Å². The van der Waals surface area contributed by atoms with Crippen molar-refractivity contribution in [2.75, 3.05) is 33.7 Å². The van der Waals surface area contributed by atoms with Crippen molar-refractivity contribution in [1.29, 1.82) is 0 Å². The lowest BCUT2D eigenvalue weighted by Gasteiger charge is -2.21. The van der Waals surface area contributed by atoms with Gasteiger partial charge in [-0.1, -0.05) is 30.3 Å². The standard InChI is InChI=1S/C20H26N4O2/c1-4-24(15-16-8-6-5-7-9-16)20(26)18-12-17(13-21-14-18)19(25)22-10-11-23(2)3/h5-9,12-14H,4,10-11,15H2,1-3H3,(H,22,25). The van der Waals surface area contributed by atoms with Crippen LogP contribution in [0.3, 0.4) is 0 Å². The van der Waals surface area contributed by atoms with E-state index in [0.29, 0.717) is 30.8 Å². The van der Waals surface area contributed by atoms with Crippen molar-refractivity contribution >= 4 is 11.8 Å². The SMILES string of the molecule is CCN(Cc1ccccc1)C(=O)c1cncc(C(=O)NCCN(C)C)c1. The normalized spacial score (nSPS) is 10.6. The summed E-state index contributed by atoms with van der Waals surface area (Å²) in [6.07, 6.45) is 2.99. The van der Waals surface area contributed by atoms with Crippen molar-refractivity contribution in [3.63, 3.8) is 0 Å². The fourth-order valence-electron chi connectivity index (χ4n) is 2.49. The fourth-order valence-corrected chi connectivity index (χ4v) is 2.49. The van der Waals surface area contributed by atoms with Crippen LogP contribution in [0.4, 0.5) is 0 Å². The lowest BCUT2D eigenvalue weighted by molar-refractivity contribution is 0.0752. The average molecular weight is 354 g/mol. The first-order valence-electron chi connectivity index (χ1n) is 8.72. The second-order valence-corrected chi connectivity index (χ2v) is 6.33. The highest BCUT2D eigenvalue weighted by Crippen LogP contribution is 2.11. The van der Waals surface area contributed by atoms with Crippen LogP contribution in [0.2, 0.25) is 0 Å². The van der Waals surface area contributed by atoms with E-state index < -0.39 is 0 Å². The van der Waals surface area contributed by atoms with E-state index in [-0.39, 0.29) is 11.8 Å². The Kier molecular flexibility index (Phi) is 7.29. The lowest BCUT2D eigenvalue weighted by Crippen LogP contribution is -2.32. The van der Waals surface area contributed by atoms with E-state index in [1.807, 2.05) is 56.3 Å². The molecule has 0 radical (unpaired) electrons. The van der Waals surface area contributed by atoms with Crippen LogP contribution in [0.5, 0.6) is 0 Å². The van der Waals surface area contributed by atoms with Crippen LogP contribution in [0.1, 0.15) is 33.2 Å². The third kappa shape index (κ3) is 5.67. The highest BCUT2D eigenvalue weighted by molar-refractivity contribution is 5.99. The Labute approximate surface area is 154 Å². The van der Waals surface area contributed by atoms with E-state index >= 15 is 0 Å². The first kappa shape index (κ1) is 19.6. The average Bonchev–Trinajstić information content (AvgIpc) is 2.66. The molecule has 0 saturated carbocycles. The number of pyridine rings is 1. The van der Waals surface area contributed by atoms with E-state index in [1.54, 1.807) is 11.0 Å². The second kappa shape index (κ2) is 9.68. The molecule has 6 nitrogen and oxygen atoms in total. The Bertz CT molecular complexity index is 732. The van der Waals surface area contributed by atoms with Gasteiger partial charge in [-0.15, -0.1) is 0 Å². The van der Waals surface area contributed by atoms with Crippen LogP contribution in [0.15, 0.2) is 48.8 Å². The first-order chi connectivity index (χ1) is 12.5. The molecule has 0 fully saturated rings. The summed E-state index contributed by atoms with van der Waals surface area (Å²) in [6, 6.07) is 11.4. The van der Waals surface area contributed by atoms with E-state index in [9.17, 15) is 9.59 Å². The monoisotopic (exact) mass is 354 g/mol. The quantitative estimate of drug-likeness (QED) is 0.788. The van der Waals surface area contributed by atoms with Gasteiger partial charge in [0.25, 0.3) is 11.8 Å². The molecule has 1 aromatic carbocycles. The zero-order valence-electron chi connectivity index (χ0n) is 15.6. The number of aromatic nitrogens is 1. The molecule has 1 heterocycles. The maximum absolute atomic E-state index is 12.8. The van der Waals surface area contributed by atoms with Gasteiger partial charge in [0.15, 0.2) is 0 Å². The molecule has 2 amide bonds. The van der Waals surface area contributed by atoms with E-state index in [4.69, 9.17) is 0 Å². The van der Waals surface area contributed by atoms with Crippen molar-refractivity contribution in [3.8, 4) is 0 Å². The third-order valence-electron chi connectivity index (χ3n) is 3.98. The predicted octanol–water partition coefficient (Wildman–Crippen LogP) is 2.04. The number of carbonyl (C=O) groups excluding carboxylic acids is 2. The number of nitrogens with zero attached hydrogens (tertiary/aromatic N) is 3. The Morgan fingerprint density at radius 1 is 1.08 bits per heavy atom. The van der Waals surface area contributed by atoms with E-state index in [1.165, 1.54) is 12.4 Å². The number of nitrogens with one attached hydrogen (secondary N) is 1. The molecule has 1 N–H and O–H groups in total. The summed E-state index contributed by atoms with van der Waals surface area (Å²) in [5.41, 5.74) is 1.88. The van der Waals surface area contributed by atoms with Crippen molar-refractivity contribution in [3.05, 3.63) is 65.5 Å². The van der Waals surface area contributed by atoms with Crippen LogP contribution in [0.25, 0.3) is 0 Å². The van der Waals surface area contributed by atoms with Crippen molar-refractivity contribution in [1.82, 2.24) is 20.1 Å². The molecule has 6 heteroatoms. The van der Waals surface area contributed by atoms with Crippen LogP contribution in [-0.4, -0.2) is 60.3 Å². The Morgan fingerprint density at radius 2 is 1.77 bits per heavy atom. The molecule has 0 spiro atoms. The molecule has 0 saturated heterocycles. The minimum atomic E-state index is -0.222. The van der Waals surface area contributed by atoms with Gasteiger partial charge in [-0.3, -0.25) is 14.6 Å². The number of hydrogen-bond donors (Lipinski definition) is 1. The maximum Gasteiger partial charge on any atom is 0.255 e. The summed E-state index contributed by atoms with van der Waals surface area (Å²) < 4.78 is 0. The van der Waals surface area contributed by atoms with E-state index in [2.05, 4.69) is 10.3 Å². The Balaban J connectivity index is 2.07. The smallest absolute Gasteiger partial charge is 0.255 e. The maximum atomic E-state index is 12.8. The number of benzene rings is 1. The molecule has 0 atom stereocenters. The fraction of sp³-hybridized carbons (Fsp3) is 0.350. The summed E-state index contributed by atoms with van der Waals surface area (Å²) >= 11 is 0. The van der Waals surface area contributed by atoms with Crippen molar-refractivity contribution in [2.24, 2.45) is 0 Å². The zero-order chi connectivity index (χ0) is 18.9. The Hall–Kier alpha value is -2.73.